The molecule has 0 saturated heterocycles. The quantitative estimate of drug-likeness (QED) is 0.457. The van der Waals surface area contributed by atoms with Crippen molar-refractivity contribution in [3.8, 4) is 0 Å². The number of quaternary nitrogens is 1. The van der Waals surface area contributed by atoms with Gasteiger partial charge in [-0.3, -0.25) is 4.90 Å². The van der Waals surface area contributed by atoms with Gasteiger partial charge in [0.15, 0.2) is 0 Å². The lowest BCUT2D eigenvalue weighted by molar-refractivity contribution is -0.870. The lowest BCUT2D eigenvalue weighted by atomic mass is 10.1. The van der Waals surface area contributed by atoms with Crippen molar-refractivity contribution in [2.45, 2.75) is 59.0 Å². The summed E-state index contributed by atoms with van der Waals surface area (Å²) in [5.74, 6) is 0. The van der Waals surface area contributed by atoms with Crippen LogP contribution in [0.2, 0.25) is 0 Å². The Balaban J connectivity index is 3.64. The van der Waals surface area contributed by atoms with Crippen molar-refractivity contribution in [1.29, 1.82) is 0 Å². The third-order valence-electron chi connectivity index (χ3n) is 3.07. The van der Waals surface area contributed by atoms with Crippen LogP contribution in [0.5, 0.6) is 0 Å². The van der Waals surface area contributed by atoms with Gasteiger partial charge >= 0.3 is 0 Å². The van der Waals surface area contributed by atoms with E-state index in [2.05, 4.69) is 53.7 Å². The maximum Gasteiger partial charge on any atom is 0.0780 e. The summed E-state index contributed by atoms with van der Waals surface area (Å²) in [6.07, 6.45) is 4.06. The van der Waals surface area contributed by atoms with Gasteiger partial charge in [-0.15, -0.1) is 0 Å². The Morgan fingerprint density at radius 3 is 1.69 bits per heavy atom. The Morgan fingerprint density at radius 2 is 1.31 bits per heavy atom. The fourth-order valence-electron chi connectivity index (χ4n) is 2.17. The van der Waals surface area contributed by atoms with E-state index < -0.39 is 0 Å². The number of nitrogens with zero attached hydrogens (tertiary/aromatic N) is 2. The van der Waals surface area contributed by atoms with E-state index in [1.54, 1.807) is 0 Å². The second kappa shape index (κ2) is 7.29. The predicted molar refractivity (Wildman–Crippen MR) is 73.7 cm³/mol. The normalized spacial score (nSPS) is 13.1. The first kappa shape index (κ1) is 15.9. The number of rotatable bonds is 8. The van der Waals surface area contributed by atoms with Crippen LogP contribution < -0.4 is 0 Å². The standard InChI is InChI=1S/C14H33N2/c1-13(2)15(14(3)4)11-9-8-10-12-16(5,6)7/h13-14H,8-12H2,1-7H3/q+1. The highest BCUT2D eigenvalue weighted by Crippen LogP contribution is 2.08. The molecule has 0 aromatic carbocycles. The highest BCUT2D eigenvalue weighted by molar-refractivity contribution is 4.66. The predicted octanol–water partition coefficient (Wildman–Crippen LogP) is 2.98. The molecule has 0 aromatic rings. The molecular weight excluding hydrogens is 196 g/mol. The van der Waals surface area contributed by atoms with Crippen LogP contribution in [0.25, 0.3) is 0 Å². The molecule has 0 aromatic heterocycles. The van der Waals surface area contributed by atoms with E-state index in [1.165, 1.54) is 32.4 Å². The molecule has 0 saturated carbocycles. The molecule has 0 radical (unpaired) electrons. The summed E-state index contributed by atoms with van der Waals surface area (Å²) in [7, 11) is 6.82. The van der Waals surface area contributed by atoms with Gasteiger partial charge in [0.25, 0.3) is 0 Å². The Labute approximate surface area is 103 Å². The SMILES string of the molecule is CC(C)N(CCCCC[N+](C)(C)C)C(C)C. The van der Waals surface area contributed by atoms with Gasteiger partial charge in [0.05, 0.1) is 27.7 Å². The van der Waals surface area contributed by atoms with Crippen molar-refractivity contribution in [3.05, 3.63) is 0 Å². The summed E-state index contributed by atoms with van der Waals surface area (Å²) in [5, 5.41) is 0. The summed E-state index contributed by atoms with van der Waals surface area (Å²) in [4.78, 5) is 2.59. The van der Waals surface area contributed by atoms with Gasteiger partial charge in [0.1, 0.15) is 0 Å². The molecule has 0 aliphatic carbocycles. The fourth-order valence-corrected chi connectivity index (χ4v) is 2.17. The second-order valence-corrected chi connectivity index (χ2v) is 6.50. The molecule has 2 nitrogen and oxygen atoms in total. The van der Waals surface area contributed by atoms with Gasteiger partial charge in [0, 0.05) is 12.1 Å². The fraction of sp³-hybridized carbons (Fsp3) is 1.00. The molecule has 16 heavy (non-hydrogen) atoms. The van der Waals surface area contributed by atoms with Crippen LogP contribution in [-0.2, 0) is 0 Å². The highest BCUT2D eigenvalue weighted by atomic mass is 15.3. The van der Waals surface area contributed by atoms with E-state index in [1.807, 2.05) is 0 Å². The summed E-state index contributed by atoms with van der Waals surface area (Å²) >= 11 is 0. The lowest BCUT2D eigenvalue weighted by Crippen LogP contribution is -2.38. The van der Waals surface area contributed by atoms with Crippen LogP contribution in [-0.4, -0.2) is 55.7 Å². The first-order valence-electron chi connectivity index (χ1n) is 6.80. The van der Waals surface area contributed by atoms with Gasteiger partial charge in [-0.2, -0.15) is 0 Å². The molecule has 0 rings (SSSR count). The molecular formula is C14H33N2+. The van der Waals surface area contributed by atoms with Gasteiger partial charge in [-0.1, -0.05) is 0 Å². The van der Waals surface area contributed by atoms with E-state index in [0.29, 0.717) is 12.1 Å². The van der Waals surface area contributed by atoms with Crippen molar-refractivity contribution in [2.24, 2.45) is 0 Å². The zero-order valence-electron chi connectivity index (χ0n) is 12.6. The molecule has 2 heteroatoms. The van der Waals surface area contributed by atoms with Crippen LogP contribution in [0.15, 0.2) is 0 Å². The van der Waals surface area contributed by atoms with E-state index in [4.69, 9.17) is 0 Å². The third-order valence-corrected chi connectivity index (χ3v) is 3.07. The van der Waals surface area contributed by atoms with Crippen LogP contribution in [0.3, 0.4) is 0 Å². The largest absolute Gasteiger partial charge is 0.331 e. The van der Waals surface area contributed by atoms with Crippen LogP contribution >= 0.6 is 0 Å². The Hall–Kier alpha value is -0.0800. The van der Waals surface area contributed by atoms with Crippen molar-refractivity contribution in [3.63, 3.8) is 0 Å². The maximum atomic E-state index is 2.59. The number of hydrogen-bond donors (Lipinski definition) is 0. The van der Waals surface area contributed by atoms with Crippen LogP contribution in [0.1, 0.15) is 47.0 Å². The Morgan fingerprint density at radius 1 is 0.812 bits per heavy atom. The van der Waals surface area contributed by atoms with Gasteiger partial charge < -0.3 is 4.48 Å². The van der Waals surface area contributed by atoms with Crippen molar-refractivity contribution >= 4 is 0 Å². The van der Waals surface area contributed by atoms with E-state index in [0.717, 1.165) is 4.48 Å². The first-order chi connectivity index (χ1) is 7.24. The molecule has 0 amide bonds. The second-order valence-electron chi connectivity index (χ2n) is 6.50. The minimum Gasteiger partial charge on any atom is -0.331 e. The van der Waals surface area contributed by atoms with Crippen molar-refractivity contribution in [2.75, 3.05) is 34.2 Å². The topological polar surface area (TPSA) is 3.24 Å². The van der Waals surface area contributed by atoms with Gasteiger partial charge in [-0.05, 0) is 53.5 Å². The molecule has 0 N–H and O–H groups in total. The van der Waals surface area contributed by atoms with E-state index >= 15 is 0 Å². The molecule has 0 bridgehead atoms. The highest BCUT2D eigenvalue weighted by Gasteiger charge is 2.12. The first-order valence-corrected chi connectivity index (χ1v) is 6.80. The van der Waals surface area contributed by atoms with E-state index in [9.17, 15) is 0 Å². The summed E-state index contributed by atoms with van der Waals surface area (Å²) in [6.45, 7) is 11.7. The average molecular weight is 229 g/mol. The Kier molecular flexibility index (Phi) is 7.25. The molecule has 0 unspecified atom stereocenters. The molecule has 0 atom stereocenters. The average Bonchev–Trinajstić information content (AvgIpc) is 2.07. The zero-order chi connectivity index (χ0) is 12.8. The van der Waals surface area contributed by atoms with Crippen molar-refractivity contribution in [1.82, 2.24) is 4.90 Å². The Bertz CT molecular complexity index is 160. The molecule has 0 spiro atoms. The summed E-state index contributed by atoms with van der Waals surface area (Å²) < 4.78 is 1.10. The smallest absolute Gasteiger partial charge is 0.0780 e. The van der Waals surface area contributed by atoms with Gasteiger partial charge in [-0.25, -0.2) is 0 Å². The monoisotopic (exact) mass is 229 g/mol. The molecule has 98 valence electrons. The molecule has 0 fully saturated rings. The molecule has 0 heterocycles. The van der Waals surface area contributed by atoms with Gasteiger partial charge in [0.2, 0.25) is 0 Å². The number of unbranched alkanes of at least 4 members (excludes halogenated alkanes) is 2. The summed E-state index contributed by atoms with van der Waals surface area (Å²) in [6, 6.07) is 1.36. The molecule has 0 aliphatic rings. The summed E-state index contributed by atoms with van der Waals surface area (Å²) in [5.41, 5.74) is 0. The van der Waals surface area contributed by atoms with Crippen molar-refractivity contribution < 1.29 is 4.48 Å². The maximum absolute atomic E-state index is 2.59. The lowest BCUT2D eigenvalue weighted by Gasteiger charge is -2.30. The van der Waals surface area contributed by atoms with E-state index in [-0.39, 0.29) is 0 Å². The van der Waals surface area contributed by atoms with Crippen LogP contribution in [0, 0.1) is 0 Å². The zero-order valence-corrected chi connectivity index (χ0v) is 12.6. The minimum atomic E-state index is 0.679. The number of hydrogen-bond acceptors (Lipinski definition) is 1. The minimum absolute atomic E-state index is 0.679. The van der Waals surface area contributed by atoms with Crippen LogP contribution in [0.4, 0.5) is 0 Å². The molecule has 0 aliphatic heterocycles. The third kappa shape index (κ3) is 8.12.